The number of nitrogens with zero attached hydrogens (tertiary/aromatic N) is 1. The van der Waals surface area contributed by atoms with Gasteiger partial charge >= 0.3 is 6.18 Å². The SMILES string of the molecule is Cc1c(Cl)cccc1N1C[C@@H](C(=O)Nc2cccc(C(F)(F)F)c2)CC1=O. The molecule has 1 saturated heterocycles. The second kappa shape index (κ2) is 7.23. The van der Waals surface area contributed by atoms with E-state index in [0.717, 1.165) is 17.7 Å². The van der Waals surface area contributed by atoms with Crippen LogP contribution in [-0.4, -0.2) is 18.4 Å². The van der Waals surface area contributed by atoms with Crippen molar-refractivity contribution in [2.45, 2.75) is 19.5 Å². The molecule has 8 heteroatoms. The van der Waals surface area contributed by atoms with E-state index in [9.17, 15) is 22.8 Å². The van der Waals surface area contributed by atoms with Crippen molar-refractivity contribution in [2.24, 2.45) is 5.92 Å². The highest BCUT2D eigenvalue weighted by molar-refractivity contribution is 6.31. The van der Waals surface area contributed by atoms with Crippen LogP contribution in [0.5, 0.6) is 0 Å². The van der Waals surface area contributed by atoms with Gasteiger partial charge in [0.15, 0.2) is 0 Å². The maximum Gasteiger partial charge on any atom is 0.416 e. The Balaban J connectivity index is 1.74. The number of nitrogens with one attached hydrogen (secondary N) is 1. The fourth-order valence-corrected chi connectivity index (χ4v) is 3.19. The van der Waals surface area contributed by atoms with E-state index in [4.69, 9.17) is 11.6 Å². The summed E-state index contributed by atoms with van der Waals surface area (Å²) in [5.74, 6) is -1.39. The van der Waals surface area contributed by atoms with Crippen molar-refractivity contribution in [3.05, 3.63) is 58.6 Å². The van der Waals surface area contributed by atoms with E-state index in [1.54, 1.807) is 25.1 Å². The lowest BCUT2D eigenvalue weighted by molar-refractivity contribution is -0.137. The minimum absolute atomic E-state index is 0.0171. The van der Waals surface area contributed by atoms with E-state index in [0.29, 0.717) is 10.7 Å². The summed E-state index contributed by atoms with van der Waals surface area (Å²) in [6, 6.07) is 9.56. The predicted octanol–water partition coefficient (Wildman–Crippen LogP) is 4.66. The molecule has 0 aliphatic carbocycles. The first-order chi connectivity index (χ1) is 12.7. The molecule has 27 heavy (non-hydrogen) atoms. The lowest BCUT2D eigenvalue weighted by atomic mass is 10.1. The van der Waals surface area contributed by atoms with E-state index >= 15 is 0 Å². The second-order valence-corrected chi connectivity index (χ2v) is 6.76. The van der Waals surface area contributed by atoms with Gasteiger partial charge in [0.25, 0.3) is 0 Å². The molecule has 2 aromatic carbocycles. The second-order valence-electron chi connectivity index (χ2n) is 6.36. The molecule has 0 saturated carbocycles. The molecule has 1 aliphatic rings. The summed E-state index contributed by atoms with van der Waals surface area (Å²) in [4.78, 5) is 26.3. The monoisotopic (exact) mass is 396 g/mol. The Labute approximate surface area is 158 Å². The van der Waals surface area contributed by atoms with Crippen molar-refractivity contribution < 1.29 is 22.8 Å². The summed E-state index contributed by atoms with van der Waals surface area (Å²) in [5.41, 5.74) is 0.548. The summed E-state index contributed by atoms with van der Waals surface area (Å²) < 4.78 is 38.4. The van der Waals surface area contributed by atoms with Gasteiger partial charge in [-0.2, -0.15) is 13.2 Å². The average Bonchev–Trinajstić information content (AvgIpc) is 2.99. The molecule has 1 atom stereocenters. The van der Waals surface area contributed by atoms with Gasteiger partial charge in [-0.25, -0.2) is 0 Å². The maximum atomic E-state index is 12.8. The number of alkyl halides is 3. The highest BCUT2D eigenvalue weighted by atomic mass is 35.5. The first kappa shape index (κ1) is 19.2. The summed E-state index contributed by atoms with van der Waals surface area (Å²) in [6.07, 6.45) is -4.51. The Bertz CT molecular complexity index is 899. The van der Waals surface area contributed by atoms with Crippen LogP contribution >= 0.6 is 11.6 Å². The molecule has 1 heterocycles. The normalized spacial score (nSPS) is 17.3. The molecule has 0 spiro atoms. The van der Waals surface area contributed by atoms with Gasteiger partial charge in [-0.1, -0.05) is 23.7 Å². The summed E-state index contributed by atoms with van der Waals surface area (Å²) in [5, 5.41) is 2.98. The predicted molar refractivity (Wildman–Crippen MR) is 96.7 cm³/mol. The Morgan fingerprint density at radius 3 is 2.63 bits per heavy atom. The van der Waals surface area contributed by atoms with Crippen molar-refractivity contribution in [3.8, 4) is 0 Å². The molecule has 0 unspecified atom stereocenters. The number of hydrogen-bond acceptors (Lipinski definition) is 2. The van der Waals surface area contributed by atoms with Crippen molar-refractivity contribution in [1.82, 2.24) is 0 Å². The average molecular weight is 397 g/mol. The van der Waals surface area contributed by atoms with Gasteiger partial charge in [0.05, 0.1) is 11.5 Å². The summed E-state index contributed by atoms with van der Waals surface area (Å²) in [6.45, 7) is 1.92. The quantitative estimate of drug-likeness (QED) is 0.820. The smallest absolute Gasteiger partial charge is 0.326 e. The van der Waals surface area contributed by atoms with E-state index in [1.807, 2.05) is 0 Å². The Kier molecular flexibility index (Phi) is 5.15. The van der Waals surface area contributed by atoms with Crippen LogP contribution in [0.3, 0.4) is 0 Å². The number of benzene rings is 2. The Morgan fingerprint density at radius 1 is 1.22 bits per heavy atom. The molecule has 0 radical (unpaired) electrons. The molecule has 2 amide bonds. The van der Waals surface area contributed by atoms with Crippen molar-refractivity contribution in [3.63, 3.8) is 0 Å². The zero-order valence-electron chi connectivity index (χ0n) is 14.3. The van der Waals surface area contributed by atoms with E-state index < -0.39 is 23.6 Å². The highest BCUT2D eigenvalue weighted by Gasteiger charge is 2.36. The lowest BCUT2D eigenvalue weighted by Gasteiger charge is -2.19. The van der Waals surface area contributed by atoms with Gasteiger partial charge in [-0.05, 0) is 42.8 Å². The van der Waals surface area contributed by atoms with Gasteiger partial charge in [-0.15, -0.1) is 0 Å². The third-order valence-corrected chi connectivity index (χ3v) is 4.89. The Hall–Kier alpha value is -2.54. The van der Waals surface area contributed by atoms with Gasteiger partial charge in [-0.3, -0.25) is 9.59 Å². The minimum Gasteiger partial charge on any atom is -0.326 e. The molecule has 0 aromatic heterocycles. The number of carbonyl (C=O) groups is 2. The zero-order chi connectivity index (χ0) is 19.8. The van der Waals surface area contributed by atoms with Gasteiger partial charge in [0.2, 0.25) is 11.8 Å². The number of hydrogen-bond donors (Lipinski definition) is 1. The molecule has 1 fully saturated rings. The summed E-state index contributed by atoms with van der Waals surface area (Å²) >= 11 is 6.09. The highest BCUT2D eigenvalue weighted by Crippen LogP contribution is 2.33. The lowest BCUT2D eigenvalue weighted by Crippen LogP contribution is -2.28. The number of halogens is 4. The fourth-order valence-electron chi connectivity index (χ4n) is 3.02. The van der Waals surface area contributed by atoms with E-state index in [-0.39, 0.29) is 24.6 Å². The number of carbonyl (C=O) groups excluding carboxylic acids is 2. The molecule has 1 aliphatic heterocycles. The molecule has 1 N–H and O–H groups in total. The fraction of sp³-hybridized carbons (Fsp3) is 0.263. The van der Waals surface area contributed by atoms with Gasteiger partial charge in [0, 0.05) is 29.4 Å². The molecular formula is C19H16ClF3N2O2. The van der Waals surface area contributed by atoms with Crippen molar-refractivity contribution >= 4 is 34.8 Å². The maximum absolute atomic E-state index is 12.8. The van der Waals surface area contributed by atoms with E-state index in [2.05, 4.69) is 5.32 Å². The minimum atomic E-state index is -4.50. The summed E-state index contributed by atoms with van der Waals surface area (Å²) in [7, 11) is 0. The van der Waals surface area contributed by atoms with Crippen molar-refractivity contribution in [1.29, 1.82) is 0 Å². The van der Waals surface area contributed by atoms with Crippen LogP contribution in [-0.2, 0) is 15.8 Å². The van der Waals surface area contributed by atoms with Gasteiger partial charge in [0.1, 0.15) is 0 Å². The first-order valence-corrected chi connectivity index (χ1v) is 8.58. The molecule has 2 aromatic rings. The molecule has 4 nitrogen and oxygen atoms in total. The molecule has 142 valence electrons. The Morgan fingerprint density at radius 2 is 1.93 bits per heavy atom. The third kappa shape index (κ3) is 4.08. The van der Waals surface area contributed by atoms with E-state index in [1.165, 1.54) is 17.0 Å². The number of anilines is 2. The van der Waals surface area contributed by atoms with Gasteiger partial charge < -0.3 is 10.2 Å². The topological polar surface area (TPSA) is 49.4 Å². The van der Waals surface area contributed by atoms with Crippen LogP contribution in [0, 0.1) is 12.8 Å². The van der Waals surface area contributed by atoms with Crippen LogP contribution in [0.25, 0.3) is 0 Å². The standard InChI is InChI=1S/C19H16ClF3N2O2/c1-11-15(20)6-3-7-16(11)25-10-12(8-17(25)26)18(27)24-14-5-2-4-13(9-14)19(21,22)23/h2-7,9,12H,8,10H2,1H3,(H,24,27)/t12-/m0/s1. The van der Waals surface area contributed by atoms with Crippen LogP contribution in [0.1, 0.15) is 17.5 Å². The van der Waals surface area contributed by atoms with Crippen LogP contribution in [0.2, 0.25) is 5.02 Å². The zero-order valence-corrected chi connectivity index (χ0v) is 15.1. The molecule has 0 bridgehead atoms. The number of rotatable bonds is 3. The largest absolute Gasteiger partial charge is 0.416 e. The van der Waals surface area contributed by atoms with Crippen molar-refractivity contribution in [2.75, 3.05) is 16.8 Å². The van der Waals surface area contributed by atoms with Crippen LogP contribution < -0.4 is 10.2 Å². The van der Waals surface area contributed by atoms with Crippen LogP contribution in [0.15, 0.2) is 42.5 Å². The van der Waals surface area contributed by atoms with Crippen LogP contribution in [0.4, 0.5) is 24.5 Å². The number of amides is 2. The first-order valence-electron chi connectivity index (χ1n) is 8.20. The molecule has 3 rings (SSSR count). The molecular weight excluding hydrogens is 381 g/mol. The third-order valence-electron chi connectivity index (χ3n) is 4.48.